The average molecular weight is 730 g/mol. The number of furan rings is 1. The number of hydrogen-bond acceptors (Lipinski definition) is 2. The molecule has 0 radical (unpaired) electrons. The van der Waals surface area contributed by atoms with Gasteiger partial charge in [0.1, 0.15) is 11.2 Å². The second-order valence-electron chi connectivity index (χ2n) is 15.7. The number of hydrogen-bond donors (Lipinski definition) is 0. The predicted octanol–water partition coefficient (Wildman–Crippen LogP) is 15.5. The number of fused-ring (bicyclic) bond motifs is 8. The summed E-state index contributed by atoms with van der Waals surface area (Å²) in [5, 5.41) is 4.73. The van der Waals surface area contributed by atoms with Gasteiger partial charge in [-0.3, -0.25) is 0 Å². The Morgan fingerprint density at radius 2 is 1.00 bits per heavy atom. The molecule has 2 heteroatoms. The Bertz CT molecular complexity index is 3150. The molecule has 1 aliphatic carbocycles. The van der Waals surface area contributed by atoms with Gasteiger partial charge in [0.25, 0.3) is 0 Å². The molecule has 270 valence electrons. The molecule has 0 spiro atoms. The van der Waals surface area contributed by atoms with Gasteiger partial charge in [-0.2, -0.15) is 0 Å². The Morgan fingerprint density at radius 1 is 0.368 bits per heavy atom. The summed E-state index contributed by atoms with van der Waals surface area (Å²) in [6, 6.07) is 72.7. The van der Waals surface area contributed by atoms with E-state index in [0.717, 1.165) is 39.2 Å². The fourth-order valence-electron chi connectivity index (χ4n) is 9.24. The van der Waals surface area contributed by atoms with E-state index in [4.69, 9.17) is 4.42 Å². The fraction of sp³-hybridized carbons (Fsp3) is 0.0545. The van der Waals surface area contributed by atoms with Crippen LogP contribution >= 0.6 is 0 Å². The van der Waals surface area contributed by atoms with Crippen LogP contribution in [0.4, 0.5) is 17.1 Å². The summed E-state index contributed by atoms with van der Waals surface area (Å²) in [5.41, 5.74) is 17.6. The maximum atomic E-state index is 6.33. The van der Waals surface area contributed by atoms with Crippen molar-refractivity contribution in [3.8, 4) is 44.5 Å². The number of rotatable bonds is 6. The second kappa shape index (κ2) is 13.0. The van der Waals surface area contributed by atoms with Crippen LogP contribution in [0.2, 0.25) is 0 Å². The molecule has 0 saturated carbocycles. The number of nitrogens with zero attached hydrogens (tertiary/aromatic N) is 1. The lowest BCUT2D eigenvalue weighted by molar-refractivity contribution is 0.660. The highest BCUT2D eigenvalue weighted by Crippen LogP contribution is 2.51. The first-order chi connectivity index (χ1) is 28.0. The van der Waals surface area contributed by atoms with E-state index in [-0.39, 0.29) is 5.41 Å². The minimum atomic E-state index is -0.108. The lowest BCUT2D eigenvalue weighted by atomic mass is 9.82. The molecule has 10 aromatic rings. The van der Waals surface area contributed by atoms with Crippen molar-refractivity contribution in [1.82, 2.24) is 0 Å². The molecular formula is C55H39NO. The van der Waals surface area contributed by atoms with Crippen LogP contribution in [0, 0.1) is 0 Å². The number of para-hydroxylation sites is 1. The number of anilines is 3. The Hall–Kier alpha value is -7.16. The van der Waals surface area contributed by atoms with Crippen molar-refractivity contribution in [2.24, 2.45) is 0 Å². The third-order valence-electron chi connectivity index (χ3n) is 12.1. The van der Waals surface area contributed by atoms with Crippen molar-refractivity contribution in [1.29, 1.82) is 0 Å². The molecule has 0 unspecified atom stereocenters. The lowest BCUT2D eigenvalue weighted by Crippen LogP contribution is -2.16. The first kappa shape index (κ1) is 33.2. The van der Waals surface area contributed by atoms with Crippen molar-refractivity contribution in [2.45, 2.75) is 19.3 Å². The highest BCUT2D eigenvalue weighted by Gasteiger charge is 2.35. The molecule has 57 heavy (non-hydrogen) atoms. The molecule has 9 aromatic carbocycles. The Kier molecular flexibility index (Phi) is 7.55. The topological polar surface area (TPSA) is 16.4 Å². The van der Waals surface area contributed by atoms with E-state index in [0.29, 0.717) is 0 Å². The van der Waals surface area contributed by atoms with Crippen LogP contribution in [0.1, 0.15) is 25.0 Å². The SMILES string of the molecule is CC1(C)c2ccccc2-c2ccc(N(c3ccc(-c4ccccc4)cc3)c3cccc(-c4cccc(-c5cccc6ccc7oc8ccccc8c7c56)c4)c3)cc21. The molecule has 1 aliphatic rings. The monoisotopic (exact) mass is 729 g/mol. The summed E-state index contributed by atoms with van der Waals surface area (Å²) in [6.07, 6.45) is 0. The highest BCUT2D eigenvalue weighted by molar-refractivity contribution is 6.22. The molecule has 0 N–H and O–H groups in total. The highest BCUT2D eigenvalue weighted by atomic mass is 16.3. The van der Waals surface area contributed by atoms with Gasteiger partial charge in [0.15, 0.2) is 0 Å². The van der Waals surface area contributed by atoms with Crippen molar-refractivity contribution in [3.05, 3.63) is 211 Å². The van der Waals surface area contributed by atoms with Crippen molar-refractivity contribution in [3.63, 3.8) is 0 Å². The molecule has 0 amide bonds. The lowest BCUT2D eigenvalue weighted by Gasteiger charge is -2.28. The van der Waals surface area contributed by atoms with Gasteiger partial charge in [0, 0.05) is 38.6 Å². The van der Waals surface area contributed by atoms with E-state index < -0.39 is 0 Å². The third-order valence-corrected chi connectivity index (χ3v) is 12.1. The van der Waals surface area contributed by atoms with Crippen LogP contribution in [0.3, 0.4) is 0 Å². The molecule has 1 heterocycles. The standard InChI is InChI=1S/C55H39NO/c1-55(2)49-23-8-6-20-46(49)47-31-30-44(35-50(47)55)56(42-28-25-37(26-29-42)36-13-4-3-5-14-36)43-19-11-17-40(34-43)39-16-10-18-41(33-39)45-22-12-15-38-27-32-52-54(53(38)45)48-21-7-9-24-51(48)57-52/h3-35H,1-2H3. The maximum absolute atomic E-state index is 6.33. The molecule has 0 fully saturated rings. The van der Waals surface area contributed by atoms with Crippen molar-refractivity contribution >= 4 is 49.8 Å². The van der Waals surface area contributed by atoms with Crippen LogP contribution in [0.5, 0.6) is 0 Å². The predicted molar refractivity (Wildman–Crippen MR) is 240 cm³/mol. The summed E-state index contributed by atoms with van der Waals surface area (Å²) < 4.78 is 6.33. The zero-order valence-electron chi connectivity index (χ0n) is 31.9. The third kappa shape index (κ3) is 5.40. The van der Waals surface area contributed by atoms with Gasteiger partial charge < -0.3 is 9.32 Å². The largest absolute Gasteiger partial charge is 0.456 e. The molecule has 1 aromatic heterocycles. The van der Waals surface area contributed by atoms with E-state index in [1.807, 2.05) is 6.07 Å². The van der Waals surface area contributed by atoms with Gasteiger partial charge in [-0.05, 0) is 116 Å². The van der Waals surface area contributed by atoms with Crippen molar-refractivity contribution in [2.75, 3.05) is 4.90 Å². The minimum absolute atomic E-state index is 0.108. The molecule has 0 atom stereocenters. The Balaban J connectivity index is 1.04. The summed E-state index contributed by atoms with van der Waals surface area (Å²) in [7, 11) is 0. The second-order valence-corrected chi connectivity index (χ2v) is 15.7. The average Bonchev–Trinajstić information content (AvgIpc) is 3.76. The fourth-order valence-corrected chi connectivity index (χ4v) is 9.24. The van der Waals surface area contributed by atoms with Crippen LogP contribution in [0.15, 0.2) is 205 Å². The molecule has 0 bridgehead atoms. The van der Waals surface area contributed by atoms with Crippen LogP contribution in [0.25, 0.3) is 77.2 Å². The van der Waals surface area contributed by atoms with Crippen LogP contribution < -0.4 is 4.90 Å². The van der Waals surface area contributed by atoms with Gasteiger partial charge >= 0.3 is 0 Å². The van der Waals surface area contributed by atoms with Crippen LogP contribution in [-0.4, -0.2) is 0 Å². The quantitative estimate of drug-likeness (QED) is 0.169. The minimum Gasteiger partial charge on any atom is -0.456 e. The summed E-state index contributed by atoms with van der Waals surface area (Å²) in [5.74, 6) is 0. The first-order valence-corrected chi connectivity index (χ1v) is 19.8. The molecule has 0 aliphatic heterocycles. The van der Waals surface area contributed by atoms with Gasteiger partial charge in [-0.1, -0.05) is 159 Å². The normalized spacial score (nSPS) is 12.9. The smallest absolute Gasteiger partial charge is 0.136 e. The Labute approximate surface area is 332 Å². The van der Waals surface area contributed by atoms with Gasteiger partial charge in [0.05, 0.1) is 0 Å². The zero-order chi connectivity index (χ0) is 38.1. The van der Waals surface area contributed by atoms with E-state index in [1.165, 1.54) is 66.2 Å². The zero-order valence-corrected chi connectivity index (χ0v) is 31.9. The maximum Gasteiger partial charge on any atom is 0.136 e. The van der Waals surface area contributed by atoms with Gasteiger partial charge in [0.2, 0.25) is 0 Å². The number of benzene rings is 9. The van der Waals surface area contributed by atoms with E-state index in [2.05, 4.69) is 213 Å². The molecule has 2 nitrogen and oxygen atoms in total. The van der Waals surface area contributed by atoms with E-state index in [1.54, 1.807) is 0 Å². The van der Waals surface area contributed by atoms with E-state index in [9.17, 15) is 0 Å². The van der Waals surface area contributed by atoms with Gasteiger partial charge in [-0.15, -0.1) is 0 Å². The van der Waals surface area contributed by atoms with Gasteiger partial charge in [-0.25, -0.2) is 0 Å². The van der Waals surface area contributed by atoms with Crippen LogP contribution in [-0.2, 0) is 5.41 Å². The summed E-state index contributed by atoms with van der Waals surface area (Å²) >= 11 is 0. The summed E-state index contributed by atoms with van der Waals surface area (Å²) in [6.45, 7) is 4.70. The van der Waals surface area contributed by atoms with E-state index >= 15 is 0 Å². The molecule has 0 saturated heterocycles. The molecule has 11 rings (SSSR count). The molecular weight excluding hydrogens is 691 g/mol. The Morgan fingerprint density at radius 3 is 1.88 bits per heavy atom. The van der Waals surface area contributed by atoms with Crippen molar-refractivity contribution < 1.29 is 4.42 Å². The first-order valence-electron chi connectivity index (χ1n) is 19.8. The summed E-state index contributed by atoms with van der Waals surface area (Å²) in [4.78, 5) is 2.41.